The van der Waals surface area contributed by atoms with Crippen molar-refractivity contribution in [3.05, 3.63) is 11.6 Å². The molecule has 0 fully saturated rings. The zero-order valence-electron chi connectivity index (χ0n) is 10.0. The van der Waals surface area contributed by atoms with Crippen molar-refractivity contribution in [3.8, 4) is 0 Å². The molecule has 0 spiro atoms. The third-order valence-electron chi connectivity index (χ3n) is 2.65. The second-order valence-electron chi connectivity index (χ2n) is 4.24. The molecule has 0 aromatic heterocycles. The lowest BCUT2D eigenvalue weighted by molar-refractivity contribution is -0.105. The van der Waals surface area contributed by atoms with Gasteiger partial charge in [-0.3, -0.25) is 4.79 Å². The summed E-state index contributed by atoms with van der Waals surface area (Å²) < 4.78 is 0. The second kappa shape index (κ2) is 7.78. The largest absolute Gasteiger partial charge is 0.298 e. The Labute approximate surface area is 88.6 Å². The molecule has 82 valence electrons. The summed E-state index contributed by atoms with van der Waals surface area (Å²) in [5.41, 5.74) is 0.993. The first-order valence-corrected chi connectivity index (χ1v) is 5.82. The Morgan fingerprint density at radius 2 is 1.71 bits per heavy atom. The van der Waals surface area contributed by atoms with Crippen LogP contribution < -0.4 is 0 Å². The maximum atomic E-state index is 10.9. The molecule has 0 saturated carbocycles. The molecule has 0 aliphatic heterocycles. The fourth-order valence-corrected chi connectivity index (χ4v) is 1.79. The minimum absolute atomic E-state index is 0.428. The minimum atomic E-state index is 0.428. The van der Waals surface area contributed by atoms with Gasteiger partial charge in [-0.05, 0) is 30.3 Å². The molecule has 0 heterocycles. The van der Waals surface area contributed by atoms with Crippen molar-refractivity contribution in [2.24, 2.45) is 11.8 Å². The highest BCUT2D eigenvalue weighted by Gasteiger charge is 2.08. The van der Waals surface area contributed by atoms with E-state index in [1.165, 1.54) is 12.8 Å². The Hall–Kier alpha value is -0.590. The molecule has 0 aromatic carbocycles. The average Bonchev–Trinajstić information content (AvgIpc) is 2.15. The molecule has 14 heavy (non-hydrogen) atoms. The van der Waals surface area contributed by atoms with E-state index in [0.29, 0.717) is 11.8 Å². The van der Waals surface area contributed by atoms with Crippen LogP contribution in [0.5, 0.6) is 0 Å². The van der Waals surface area contributed by atoms with Crippen molar-refractivity contribution >= 4 is 6.29 Å². The molecular formula is C13H24O. The zero-order valence-corrected chi connectivity index (χ0v) is 10.0. The van der Waals surface area contributed by atoms with Gasteiger partial charge in [-0.25, -0.2) is 0 Å². The van der Waals surface area contributed by atoms with Crippen LogP contribution in [0.4, 0.5) is 0 Å². The zero-order chi connectivity index (χ0) is 11.0. The monoisotopic (exact) mass is 196 g/mol. The molecule has 2 unspecified atom stereocenters. The molecule has 1 heteroatoms. The third kappa shape index (κ3) is 5.21. The summed E-state index contributed by atoms with van der Waals surface area (Å²) in [6, 6.07) is 0. The van der Waals surface area contributed by atoms with Crippen LogP contribution in [0.15, 0.2) is 11.6 Å². The molecule has 0 radical (unpaired) electrons. The molecule has 0 saturated heterocycles. The van der Waals surface area contributed by atoms with Gasteiger partial charge in [0.05, 0.1) is 0 Å². The van der Waals surface area contributed by atoms with Gasteiger partial charge in [0.1, 0.15) is 6.29 Å². The van der Waals surface area contributed by atoms with E-state index in [-0.39, 0.29) is 0 Å². The Morgan fingerprint density at radius 3 is 2.14 bits per heavy atom. The standard InChI is InChI=1S/C13H24O/c1-5-7-11(3)9-13(10-14)12(4)8-6-2/h9-12H,5-8H2,1-4H3. The van der Waals surface area contributed by atoms with Gasteiger partial charge >= 0.3 is 0 Å². The van der Waals surface area contributed by atoms with Crippen molar-refractivity contribution in [1.82, 2.24) is 0 Å². The smallest absolute Gasteiger partial charge is 0.145 e. The predicted molar refractivity (Wildman–Crippen MR) is 62.3 cm³/mol. The van der Waals surface area contributed by atoms with Crippen LogP contribution in [0.2, 0.25) is 0 Å². The van der Waals surface area contributed by atoms with Gasteiger partial charge in [-0.15, -0.1) is 0 Å². The number of rotatable bonds is 7. The third-order valence-corrected chi connectivity index (χ3v) is 2.65. The number of hydrogen-bond donors (Lipinski definition) is 0. The van der Waals surface area contributed by atoms with Crippen LogP contribution >= 0.6 is 0 Å². The summed E-state index contributed by atoms with van der Waals surface area (Å²) in [7, 11) is 0. The van der Waals surface area contributed by atoms with E-state index in [2.05, 4.69) is 33.8 Å². The molecular weight excluding hydrogens is 172 g/mol. The molecule has 0 rings (SSSR count). The summed E-state index contributed by atoms with van der Waals surface area (Å²) in [4.78, 5) is 10.9. The number of hydrogen-bond acceptors (Lipinski definition) is 1. The highest BCUT2D eigenvalue weighted by Crippen LogP contribution is 2.18. The van der Waals surface area contributed by atoms with Gasteiger partial charge < -0.3 is 0 Å². The molecule has 0 aliphatic rings. The molecule has 0 aliphatic carbocycles. The van der Waals surface area contributed by atoms with E-state index < -0.39 is 0 Å². The van der Waals surface area contributed by atoms with E-state index in [9.17, 15) is 4.79 Å². The SMILES string of the molecule is CCCC(C)C=C(C=O)C(C)CCC. The lowest BCUT2D eigenvalue weighted by atomic mass is 9.93. The number of carbonyl (C=O) groups is 1. The number of carbonyl (C=O) groups excluding carboxylic acids is 1. The topological polar surface area (TPSA) is 17.1 Å². The molecule has 2 atom stereocenters. The van der Waals surface area contributed by atoms with E-state index in [0.717, 1.165) is 24.7 Å². The molecule has 1 nitrogen and oxygen atoms in total. The van der Waals surface area contributed by atoms with Crippen molar-refractivity contribution in [1.29, 1.82) is 0 Å². The van der Waals surface area contributed by atoms with Crippen molar-refractivity contribution in [2.75, 3.05) is 0 Å². The van der Waals surface area contributed by atoms with E-state index in [1.807, 2.05) is 0 Å². The van der Waals surface area contributed by atoms with E-state index >= 15 is 0 Å². The molecule has 0 aromatic rings. The highest BCUT2D eigenvalue weighted by atomic mass is 16.1. The number of allylic oxidation sites excluding steroid dienone is 2. The maximum Gasteiger partial charge on any atom is 0.145 e. The van der Waals surface area contributed by atoms with E-state index in [1.54, 1.807) is 0 Å². The van der Waals surface area contributed by atoms with Crippen molar-refractivity contribution in [2.45, 2.75) is 53.4 Å². The minimum Gasteiger partial charge on any atom is -0.298 e. The van der Waals surface area contributed by atoms with Gasteiger partial charge in [-0.2, -0.15) is 0 Å². The lowest BCUT2D eigenvalue weighted by Gasteiger charge is -2.12. The summed E-state index contributed by atoms with van der Waals surface area (Å²) in [5.74, 6) is 0.969. The quantitative estimate of drug-likeness (QED) is 0.444. The first kappa shape index (κ1) is 13.4. The fraction of sp³-hybridized carbons (Fsp3) is 0.769. The first-order chi connectivity index (χ1) is 6.65. The van der Waals surface area contributed by atoms with Crippen LogP contribution in [0.3, 0.4) is 0 Å². The van der Waals surface area contributed by atoms with Gasteiger partial charge in [-0.1, -0.05) is 46.6 Å². The normalized spacial score (nSPS) is 16.4. The highest BCUT2D eigenvalue weighted by molar-refractivity contribution is 5.73. The lowest BCUT2D eigenvalue weighted by Crippen LogP contribution is -2.03. The van der Waals surface area contributed by atoms with Crippen LogP contribution in [0, 0.1) is 11.8 Å². The summed E-state index contributed by atoms with van der Waals surface area (Å²) >= 11 is 0. The number of aldehydes is 1. The van der Waals surface area contributed by atoms with Crippen LogP contribution in [0.25, 0.3) is 0 Å². The summed E-state index contributed by atoms with van der Waals surface area (Å²) in [6.45, 7) is 8.67. The first-order valence-electron chi connectivity index (χ1n) is 5.82. The van der Waals surface area contributed by atoms with Crippen molar-refractivity contribution in [3.63, 3.8) is 0 Å². The van der Waals surface area contributed by atoms with Gasteiger partial charge in [0.15, 0.2) is 0 Å². The van der Waals surface area contributed by atoms with E-state index in [4.69, 9.17) is 0 Å². The van der Waals surface area contributed by atoms with Crippen LogP contribution in [-0.2, 0) is 4.79 Å². The summed E-state index contributed by atoms with van der Waals surface area (Å²) in [6.07, 6.45) is 7.81. The molecule has 0 bridgehead atoms. The van der Waals surface area contributed by atoms with Gasteiger partial charge in [0.2, 0.25) is 0 Å². The van der Waals surface area contributed by atoms with Crippen LogP contribution in [0.1, 0.15) is 53.4 Å². The van der Waals surface area contributed by atoms with Gasteiger partial charge in [0.25, 0.3) is 0 Å². The molecule has 0 amide bonds. The van der Waals surface area contributed by atoms with Crippen LogP contribution in [-0.4, -0.2) is 6.29 Å². The fourth-order valence-electron chi connectivity index (χ4n) is 1.79. The Morgan fingerprint density at radius 1 is 1.14 bits per heavy atom. The van der Waals surface area contributed by atoms with Crippen molar-refractivity contribution < 1.29 is 4.79 Å². The van der Waals surface area contributed by atoms with Gasteiger partial charge in [0, 0.05) is 0 Å². The predicted octanol–water partition coefficient (Wildman–Crippen LogP) is 3.98. The maximum absolute atomic E-state index is 10.9. The Kier molecular flexibility index (Phi) is 7.45. The molecule has 0 N–H and O–H groups in total. The second-order valence-corrected chi connectivity index (χ2v) is 4.24. The Balaban J connectivity index is 4.29. The average molecular weight is 196 g/mol. The summed E-state index contributed by atoms with van der Waals surface area (Å²) in [5, 5.41) is 0. The Bertz CT molecular complexity index is 182.